The van der Waals surface area contributed by atoms with E-state index in [4.69, 9.17) is 14.2 Å². The van der Waals surface area contributed by atoms with Crippen LogP contribution in [0.1, 0.15) is 81.2 Å². The highest BCUT2D eigenvalue weighted by molar-refractivity contribution is 7.98. The summed E-state index contributed by atoms with van der Waals surface area (Å²) < 4.78 is 15.4. The van der Waals surface area contributed by atoms with Gasteiger partial charge in [-0.25, -0.2) is 0 Å². The van der Waals surface area contributed by atoms with Crippen LogP contribution in [-0.2, 0) is 6.42 Å². The molecule has 0 radical (unpaired) electrons. The van der Waals surface area contributed by atoms with Crippen LogP contribution >= 0.6 is 23.5 Å². The van der Waals surface area contributed by atoms with Gasteiger partial charge in [0.1, 0.15) is 17.2 Å². The molecule has 8 nitrogen and oxygen atoms in total. The Morgan fingerprint density at radius 2 is 0.877 bits per heavy atom. The van der Waals surface area contributed by atoms with Gasteiger partial charge in [0.05, 0.1) is 21.3 Å². The summed E-state index contributed by atoms with van der Waals surface area (Å²) in [6, 6.07) is 42.2. The van der Waals surface area contributed by atoms with Crippen LogP contribution in [0.5, 0.6) is 17.2 Å². The SMILES string of the molecule is COc1ccc(N(C)C(C)C)cc1.COc1ccc(NC(C)C)cc1.COc1ccc2c(c1)CCCN2C(C)C.CSc1ccc(N(C)C(C)C)cc1.CSc1ccc(NC(C)C)cc1. The number of benzene rings is 5. The maximum atomic E-state index is 5.26. The molecule has 1 heterocycles. The normalized spacial score (nSPS) is 11.4. The lowest BCUT2D eigenvalue weighted by molar-refractivity contribution is 0.414. The van der Waals surface area contributed by atoms with Crippen molar-refractivity contribution in [1.29, 1.82) is 0 Å². The topological polar surface area (TPSA) is 61.5 Å². The zero-order valence-corrected chi connectivity index (χ0v) is 44.5. The molecular formula is C55H83N5O3S2. The van der Waals surface area contributed by atoms with Gasteiger partial charge in [-0.3, -0.25) is 0 Å². The molecule has 1 aliphatic rings. The number of rotatable bonds is 14. The lowest BCUT2D eigenvalue weighted by Crippen LogP contribution is -2.35. The summed E-state index contributed by atoms with van der Waals surface area (Å²) in [4.78, 5) is 9.59. The highest BCUT2D eigenvalue weighted by Crippen LogP contribution is 2.31. The van der Waals surface area contributed by atoms with Gasteiger partial charge in [0.15, 0.2) is 0 Å². The molecule has 0 unspecified atom stereocenters. The second kappa shape index (κ2) is 30.4. The van der Waals surface area contributed by atoms with Crippen molar-refractivity contribution < 1.29 is 14.2 Å². The first-order valence-corrected chi connectivity index (χ1v) is 25.4. The van der Waals surface area contributed by atoms with Gasteiger partial charge in [-0.15, -0.1) is 23.5 Å². The van der Waals surface area contributed by atoms with Crippen molar-refractivity contribution in [1.82, 2.24) is 0 Å². The second-order valence-corrected chi connectivity index (χ2v) is 19.0. The summed E-state index contributed by atoms with van der Waals surface area (Å²) in [6.07, 6.45) is 6.61. The van der Waals surface area contributed by atoms with E-state index in [1.807, 2.05) is 36.4 Å². The van der Waals surface area contributed by atoms with Gasteiger partial charge in [-0.05, 0) is 215 Å². The van der Waals surface area contributed by atoms with Gasteiger partial charge in [-0.2, -0.15) is 0 Å². The number of anilines is 5. The van der Waals surface area contributed by atoms with Crippen LogP contribution in [0.25, 0.3) is 0 Å². The lowest BCUT2D eigenvalue weighted by atomic mass is 10.0. The second-order valence-electron chi connectivity index (χ2n) is 17.2. The highest BCUT2D eigenvalue weighted by atomic mass is 32.2. The third kappa shape index (κ3) is 20.9. The Balaban J connectivity index is 0.000000280. The smallest absolute Gasteiger partial charge is 0.119 e. The van der Waals surface area contributed by atoms with Crippen molar-refractivity contribution in [3.05, 3.63) is 121 Å². The van der Waals surface area contributed by atoms with E-state index in [0.29, 0.717) is 30.2 Å². The fraction of sp³-hybridized carbons (Fsp3) is 0.455. The molecular weight excluding hydrogens is 843 g/mol. The van der Waals surface area contributed by atoms with Crippen molar-refractivity contribution in [2.75, 3.05) is 79.8 Å². The molecule has 0 saturated carbocycles. The standard InChI is InChI=1S/C13H19NO.C11H17NO.C11H17NS.C10H15NO.C10H15NS/c1-10(2)14-8-4-5-11-9-12(15-3)6-7-13(11)14;2*1-9(2)12(3)10-5-7-11(13-4)8-6-10;2*1-8(2)11-9-4-6-10(12-3)7-5-9/h6-7,9-10H,4-5,8H2,1-3H3;2*5-9H,1-4H3;2*4-8,11H,1-3H3. The van der Waals surface area contributed by atoms with E-state index in [9.17, 15) is 0 Å². The molecule has 5 aromatic carbocycles. The molecule has 0 bridgehead atoms. The van der Waals surface area contributed by atoms with E-state index >= 15 is 0 Å². The molecule has 0 spiro atoms. The van der Waals surface area contributed by atoms with Crippen molar-refractivity contribution in [2.45, 2.75) is 122 Å². The molecule has 0 saturated heterocycles. The van der Waals surface area contributed by atoms with Crippen LogP contribution < -0.4 is 39.5 Å². The number of methoxy groups -OCH3 is 3. The third-order valence-electron chi connectivity index (χ3n) is 10.7. The first-order valence-electron chi connectivity index (χ1n) is 22.9. The molecule has 0 aliphatic carbocycles. The van der Waals surface area contributed by atoms with Crippen molar-refractivity contribution >= 4 is 52.0 Å². The minimum absolute atomic E-state index is 0.471. The molecule has 358 valence electrons. The lowest BCUT2D eigenvalue weighted by Gasteiger charge is -2.34. The first kappa shape index (κ1) is 56.3. The summed E-state index contributed by atoms with van der Waals surface area (Å²) >= 11 is 3.55. The van der Waals surface area contributed by atoms with Crippen molar-refractivity contribution in [3.63, 3.8) is 0 Å². The summed E-state index contributed by atoms with van der Waals surface area (Å²) in [6.45, 7) is 22.9. The van der Waals surface area contributed by atoms with Gasteiger partial charge in [0.2, 0.25) is 0 Å². The largest absolute Gasteiger partial charge is 0.497 e. The summed E-state index contributed by atoms with van der Waals surface area (Å²) in [7, 11) is 9.29. The average Bonchev–Trinajstić information content (AvgIpc) is 3.31. The maximum absolute atomic E-state index is 5.26. The zero-order chi connectivity index (χ0) is 48.5. The molecule has 0 atom stereocenters. The van der Waals surface area contributed by atoms with Crippen LogP contribution in [0.15, 0.2) is 125 Å². The van der Waals surface area contributed by atoms with Crippen LogP contribution in [0.3, 0.4) is 0 Å². The van der Waals surface area contributed by atoms with Crippen LogP contribution in [0.4, 0.5) is 28.4 Å². The number of ether oxygens (including phenoxy) is 3. The molecule has 0 amide bonds. The molecule has 10 heteroatoms. The number of aryl methyl sites for hydroxylation is 1. The minimum Gasteiger partial charge on any atom is -0.497 e. The Kier molecular flexibility index (Phi) is 26.4. The monoisotopic (exact) mass is 926 g/mol. The fourth-order valence-corrected chi connectivity index (χ4v) is 7.35. The quantitative estimate of drug-likeness (QED) is 0.105. The molecule has 0 aromatic heterocycles. The van der Waals surface area contributed by atoms with E-state index in [0.717, 1.165) is 22.9 Å². The predicted molar refractivity (Wildman–Crippen MR) is 291 cm³/mol. The van der Waals surface area contributed by atoms with E-state index in [2.05, 4.69) is 200 Å². The van der Waals surface area contributed by atoms with E-state index in [1.165, 1.54) is 57.5 Å². The Morgan fingerprint density at radius 3 is 1.25 bits per heavy atom. The summed E-state index contributed by atoms with van der Waals surface area (Å²) in [5.74, 6) is 2.77. The number of hydrogen-bond acceptors (Lipinski definition) is 10. The molecule has 65 heavy (non-hydrogen) atoms. The van der Waals surface area contributed by atoms with Gasteiger partial charge in [0, 0.05) is 89.1 Å². The Bertz CT molecular complexity index is 1880. The van der Waals surface area contributed by atoms with Crippen LogP contribution in [0.2, 0.25) is 0 Å². The third-order valence-corrected chi connectivity index (χ3v) is 12.2. The number of nitrogens with one attached hydrogen (secondary N) is 2. The zero-order valence-electron chi connectivity index (χ0n) is 42.9. The fourth-order valence-electron chi connectivity index (χ4n) is 6.54. The van der Waals surface area contributed by atoms with E-state index < -0.39 is 0 Å². The van der Waals surface area contributed by atoms with Gasteiger partial charge >= 0.3 is 0 Å². The molecule has 1 aliphatic heterocycles. The van der Waals surface area contributed by atoms with Crippen molar-refractivity contribution in [3.8, 4) is 17.2 Å². The predicted octanol–water partition coefficient (Wildman–Crippen LogP) is 14.4. The maximum Gasteiger partial charge on any atom is 0.119 e. The molecule has 6 rings (SSSR count). The van der Waals surface area contributed by atoms with Gasteiger partial charge < -0.3 is 39.5 Å². The summed E-state index contributed by atoms with van der Waals surface area (Å²) in [5.41, 5.74) is 7.64. The van der Waals surface area contributed by atoms with Crippen LogP contribution in [0, 0.1) is 0 Å². The Morgan fingerprint density at radius 1 is 0.508 bits per heavy atom. The number of hydrogen-bond donors (Lipinski definition) is 2. The van der Waals surface area contributed by atoms with Gasteiger partial charge in [-0.1, -0.05) is 0 Å². The summed E-state index contributed by atoms with van der Waals surface area (Å²) in [5, 5.41) is 6.65. The van der Waals surface area contributed by atoms with E-state index in [1.54, 1.807) is 44.9 Å². The van der Waals surface area contributed by atoms with E-state index in [-0.39, 0.29) is 0 Å². The Labute approximate surface area is 404 Å². The number of thioether (sulfide) groups is 2. The Hall–Kier alpha value is -4.80. The van der Waals surface area contributed by atoms with Gasteiger partial charge in [0.25, 0.3) is 0 Å². The minimum atomic E-state index is 0.471. The van der Waals surface area contributed by atoms with Crippen LogP contribution in [-0.4, -0.2) is 84.7 Å². The molecule has 5 aromatic rings. The molecule has 2 N–H and O–H groups in total. The average molecular weight is 926 g/mol. The number of nitrogens with zero attached hydrogens (tertiary/aromatic N) is 3. The van der Waals surface area contributed by atoms with Crippen molar-refractivity contribution in [2.24, 2.45) is 0 Å². The number of fused-ring (bicyclic) bond motifs is 1. The highest BCUT2D eigenvalue weighted by Gasteiger charge is 2.19. The molecule has 0 fully saturated rings. The first-order chi connectivity index (χ1) is 31.0.